The highest BCUT2D eigenvalue weighted by molar-refractivity contribution is 7.18. The number of para-hydroxylation sites is 1. The maximum atomic E-state index is 12.9. The van der Waals surface area contributed by atoms with Crippen molar-refractivity contribution in [3.05, 3.63) is 46.9 Å². The number of hydrogen-bond donors (Lipinski definition) is 0. The molecule has 29 heavy (non-hydrogen) atoms. The van der Waals surface area contributed by atoms with Crippen molar-refractivity contribution in [3.8, 4) is 11.5 Å². The smallest absolute Gasteiger partial charge is 0.223 e. The summed E-state index contributed by atoms with van der Waals surface area (Å²) < 4.78 is 4.93. The highest BCUT2D eigenvalue weighted by Gasteiger charge is 2.28. The first-order valence-corrected chi connectivity index (χ1v) is 10.4. The van der Waals surface area contributed by atoms with E-state index in [1.165, 1.54) is 10.4 Å². The molecule has 3 aromatic heterocycles. The molecule has 1 aliphatic heterocycles. The van der Waals surface area contributed by atoms with Crippen molar-refractivity contribution in [2.24, 2.45) is 14.1 Å². The van der Waals surface area contributed by atoms with Crippen molar-refractivity contribution >= 4 is 27.5 Å². The summed E-state index contributed by atoms with van der Waals surface area (Å²) in [5, 5.41) is 13.8. The zero-order chi connectivity index (χ0) is 20.0. The van der Waals surface area contributed by atoms with Crippen LogP contribution in [-0.2, 0) is 38.3 Å². The van der Waals surface area contributed by atoms with E-state index < -0.39 is 0 Å². The number of thiazole rings is 1. The monoisotopic (exact) mass is 407 g/mol. The van der Waals surface area contributed by atoms with Crippen LogP contribution in [-0.4, -0.2) is 46.9 Å². The fourth-order valence-electron chi connectivity index (χ4n) is 3.88. The number of carbonyl (C=O) groups excluding carboxylic acids is 1. The Morgan fingerprint density at radius 1 is 1.24 bits per heavy atom. The molecule has 8 nitrogen and oxygen atoms in total. The molecule has 1 amide bonds. The Kier molecular flexibility index (Phi) is 4.39. The minimum Gasteiger partial charge on any atom is -0.338 e. The zero-order valence-corrected chi connectivity index (χ0v) is 17.2. The second kappa shape index (κ2) is 7.07. The van der Waals surface area contributed by atoms with E-state index in [0.29, 0.717) is 25.9 Å². The van der Waals surface area contributed by atoms with E-state index >= 15 is 0 Å². The number of benzene rings is 1. The molecule has 0 saturated heterocycles. The van der Waals surface area contributed by atoms with Gasteiger partial charge in [-0.15, -0.1) is 21.5 Å². The van der Waals surface area contributed by atoms with Crippen LogP contribution in [0.15, 0.2) is 30.6 Å². The van der Waals surface area contributed by atoms with Crippen molar-refractivity contribution in [1.82, 2.24) is 34.4 Å². The van der Waals surface area contributed by atoms with Gasteiger partial charge in [-0.2, -0.15) is 5.10 Å². The quantitative estimate of drug-likeness (QED) is 0.519. The SMILES string of the molecule is Cn1cnnc1-c1nn(C)c2c1CN(C(=O)CCc1nc3ccccc3s1)CC2. The largest absolute Gasteiger partial charge is 0.338 e. The van der Waals surface area contributed by atoms with Crippen molar-refractivity contribution in [2.45, 2.75) is 25.8 Å². The predicted octanol–water partition coefficient (Wildman–Crippen LogP) is 2.34. The van der Waals surface area contributed by atoms with Gasteiger partial charge in [0.15, 0.2) is 5.82 Å². The van der Waals surface area contributed by atoms with E-state index in [1.807, 2.05) is 46.4 Å². The van der Waals surface area contributed by atoms with Crippen molar-refractivity contribution in [3.63, 3.8) is 0 Å². The third kappa shape index (κ3) is 3.21. The lowest BCUT2D eigenvalue weighted by molar-refractivity contribution is -0.132. The Labute approximate surface area is 171 Å². The molecule has 0 atom stereocenters. The predicted molar refractivity (Wildman–Crippen MR) is 110 cm³/mol. The van der Waals surface area contributed by atoms with Gasteiger partial charge in [0, 0.05) is 57.7 Å². The van der Waals surface area contributed by atoms with Crippen LogP contribution >= 0.6 is 11.3 Å². The van der Waals surface area contributed by atoms with Crippen LogP contribution in [0.2, 0.25) is 0 Å². The molecule has 0 fully saturated rings. The number of rotatable bonds is 4. The summed E-state index contributed by atoms with van der Waals surface area (Å²) in [5.74, 6) is 0.883. The highest BCUT2D eigenvalue weighted by atomic mass is 32.1. The molecular formula is C20H21N7OS. The summed E-state index contributed by atoms with van der Waals surface area (Å²) in [7, 11) is 3.85. The third-order valence-electron chi connectivity index (χ3n) is 5.41. The Morgan fingerprint density at radius 2 is 2.10 bits per heavy atom. The molecule has 0 spiro atoms. The first kappa shape index (κ1) is 18.0. The first-order valence-electron chi connectivity index (χ1n) is 9.61. The van der Waals surface area contributed by atoms with Gasteiger partial charge in [-0.05, 0) is 12.1 Å². The van der Waals surface area contributed by atoms with E-state index in [-0.39, 0.29) is 5.91 Å². The molecule has 9 heteroatoms. The fourth-order valence-corrected chi connectivity index (χ4v) is 4.85. The van der Waals surface area contributed by atoms with Gasteiger partial charge in [-0.3, -0.25) is 9.48 Å². The second-order valence-electron chi connectivity index (χ2n) is 7.30. The maximum absolute atomic E-state index is 12.9. The van der Waals surface area contributed by atoms with E-state index in [2.05, 4.69) is 26.3 Å². The fraction of sp³-hybridized carbons (Fsp3) is 0.350. The molecule has 4 heterocycles. The number of hydrogen-bond acceptors (Lipinski definition) is 6. The van der Waals surface area contributed by atoms with Gasteiger partial charge in [0.05, 0.1) is 15.2 Å². The molecule has 0 radical (unpaired) electrons. The van der Waals surface area contributed by atoms with Crippen LogP contribution in [0, 0.1) is 0 Å². The van der Waals surface area contributed by atoms with Crippen molar-refractivity contribution < 1.29 is 4.79 Å². The highest BCUT2D eigenvalue weighted by Crippen LogP contribution is 2.29. The van der Waals surface area contributed by atoms with Crippen LogP contribution in [0.4, 0.5) is 0 Å². The summed E-state index contributed by atoms with van der Waals surface area (Å²) in [5.41, 5.74) is 4.05. The summed E-state index contributed by atoms with van der Waals surface area (Å²) in [6.45, 7) is 1.27. The van der Waals surface area contributed by atoms with Crippen LogP contribution in [0.3, 0.4) is 0 Å². The molecule has 1 aromatic carbocycles. The number of carbonyl (C=O) groups is 1. The molecule has 0 saturated carbocycles. The Morgan fingerprint density at radius 3 is 2.90 bits per heavy atom. The standard InChI is InChI=1S/C20H21N7OS/c1-25-12-21-23-20(25)19-13-11-27(10-9-15(13)26(2)24-19)18(28)8-7-17-22-14-5-3-4-6-16(14)29-17/h3-6,12H,7-11H2,1-2H3. The third-order valence-corrected chi connectivity index (χ3v) is 6.51. The van der Waals surface area contributed by atoms with Crippen molar-refractivity contribution in [1.29, 1.82) is 0 Å². The summed E-state index contributed by atoms with van der Waals surface area (Å²) >= 11 is 1.67. The molecule has 1 aliphatic rings. The average molecular weight is 408 g/mol. The van der Waals surface area contributed by atoms with Gasteiger partial charge in [0.25, 0.3) is 0 Å². The lowest BCUT2D eigenvalue weighted by Gasteiger charge is -2.27. The molecule has 148 valence electrons. The van der Waals surface area contributed by atoms with Gasteiger partial charge < -0.3 is 9.47 Å². The van der Waals surface area contributed by atoms with E-state index in [1.54, 1.807) is 17.7 Å². The first-order chi connectivity index (χ1) is 14.1. The average Bonchev–Trinajstić information content (AvgIpc) is 3.42. The summed E-state index contributed by atoms with van der Waals surface area (Å²) in [6.07, 6.45) is 3.60. The molecule has 4 aromatic rings. The number of nitrogens with zero attached hydrogens (tertiary/aromatic N) is 7. The molecular weight excluding hydrogens is 386 g/mol. The topological polar surface area (TPSA) is 81.7 Å². The van der Waals surface area contributed by atoms with Gasteiger partial charge in [-0.1, -0.05) is 12.1 Å². The normalized spacial score (nSPS) is 13.8. The van der Waals surface area contributed by atoms with Crippen LogP contribution in [0.1, 0.15) is 22.7 Å². The van der Waals surface area contributed by atoms with Gasteiger partial charge in [-0.25, -0.2) is 4.98 Å². The number of aryl methyl sites for hydroxylation is 3. The van der Waals surface area contributed by atoms with Crippen LogP contribution < -0.4 is 0 Å². The van der Waals surface area contributed by atoms with Gasteiger partial charge in [0.2, 0.25) is 5.91 Å². The minimum atomic E-state index is 0.155. The van der Waals surface area contributed by atoms with E-state index in [9.17, 15) is 4.79 Å². The Hall–Kier alpha value is -3.07. The lowest BCUT2D eigenvalue weighted by Crippen LogP contribution is -2.36. The van der Waals surface area contributed by atoms with Gasteiger partial charge >= 0.3 is 0 Å². The molecule has 0 bridgehead atoms. The Bertz CT molecular complexity index is 1170. The number of aromatic nitrogens is 6. The number of amides is 1. The van der Waals surface area contributed by atoms with Gasteiger partial charge in [0.1, 0.15) is 12.0 Å². The molecule has 5 rings (SSSR count). The molecule has 0 N–H and O–H groups in total. The minimum absolute atomic E-state index is 0.155. The summed E-state index contributed by atoms with van der Waals surface area (Å²) in [6, 6.07) is 8.09. The van der Waals surface area contributed by atoms with E-state index in [4.69, 9.17) is 0 Å². The summed E-state index contributed by atoms with van der Waals surface area (Å²) in [4.78, 5) is 19.5. The Balaban J connectivity index is 1.32. The molecule has 0 aliphatic carbocycles. The molecule has 0 unspecified atom stereocenters. The maximum Gasteiger partial charge on any atom is 0.223 e. The van der Waals surface area contributed by atoms with Crippen LogP contribution in [0.5, 0.6) is 0 Å². The van der Waals surface area contributed by atoms with Crippen LogP contribution in [0.25, 0.3) is 21.7 Å². The number of fused-ring (bicyclic) bond motifs is 2. The lowest BCUT2D eigenvalue weighted by atomic mass is 10.0. The van der Waals surface area contributed by atoms with Crippen molar-refractivity contribution in [2.75, 3.05) is 6.54 Å². The van der Waals surface area contributed by atoms with E-state index in [0.717, 1.165) is 34.0 Å². The zero-order valence-electron chi connectivity index (χ0n) is 16.4. The second-order valence-corrected chi connectivity index (χ2v) is 8.42.